The summed E-state index contributed by atoms with van der Waals surface area (Å²) in [7, 11) is 0. The Labute approximate surface area is 144 Å². The van der Waals surface area contributed by atoms with Crippen LogP contribution in [0.4, 0.5) is 0 Å². The van der Waals surface area contributed by atoms with Crippen LogP contribution in [0.25, 0.3) is 0 Å². The second-order valence-electron chi connectivity index (χ2n) is 9.37. The average molecular weight is 332 g/mol. The summed E-state index contributed by atoms with van der Waals surface area (Å²) in [6.07, 6.45) is 7.09. The lowest BCUT2D eigenvalue weighted by molar-refractivity contribution is -0.193. The van der Waals surface area contributed by atoms with E-state index in [0.29, 0.717) is 13.0 Å². The van der Waals surface area contributed by atoms with Gasteiger partial charge in [-0.1, -0.05) is 27.2 Å². The van der Waals surface area contributed by atoms with Crippen LogP contribution in [-0.4, -0.2) is 29.6 Å². The second-order valence-corrected chi connectivity index (χ2v) is 9.37. The van der Waals surface area contributed by atoms with Crippen molar-refractivity contribution in [3.05, 3.63) is 11.6 Å². The maximum Gasteiger partial charge on any atom is 0.308 e. The SMILES string of the molecule is CC1=CC(=O)[C@@H]2C(C)(C)CCC[C@]2(C)[C@@]12CC[C@@]1(COC(=O)C1)O2. The second kappa shape index (κ2) is 4.72. The molecule has 0 N–H and O–H groups in total. The van der Waals surface area contributed by atoms with Gasteiger partial charge in [-0.15, -0.1) is 0 Å². The molecule has 2 aliphatic heterocycles. The van der Waals surface area contributed by atoms with Crippen molar-refractivity contribution in [3.8, 4) is 0 Å². The van der Waals surface area contributed by atoms with Gasteiger partial charge in [0.15, 0.2) is 5.78 Å². The quantitative estimate of drug-likeness (QED) is 0.636. The van der Waals surface area contributed by atoms with E-state index >= 15 is 0 Å². The van der Waals surface area contributed by atoms with Crippen LogP contribution >= 0.6 is 0 Å². The number of esters is 1. The van der Waals surface area contributed by atoms with Crippen LogP contribution in [0, 0.1) is 16.7 Å². The molecule has 4 heteroatoms. The monoisotopic (exact) mass is 332 g/mol. The van der Waals surface area contributed by atoms with E-state index in [-0.39, 0.29) is 28.5 Å². The van der Waals surface area contributed by atoms with Gasteiger partial charge in [0.1, 0.15) is 12.2 Å². The molecule has 0 amide bonds. The third-order valence-corrected chi connectivity index (χ3v) is 7.42. The molecule has 4 aliphatic rings. The van der Waals surface area contributed by atoms with Crippen molar-refractivity contribution in [3.63, 3.8) is 0 Å². The predicted molar refractivity (Wildman–Crippen MR) is 89.4 cm³/mol. The Morgan fingerprint density at radius 3 is 2.50 bits per heavy atom. The fourth-order valence-corrected chi connectivity index (χ4v) is 6.42. The molecule has 3 fully saturated rings. The molecule has 4 nitrogen and oxygen atoms in total. The number of ketones is 1. The number of carbonyl (C=O) groups excluding carboxylic acids is 2. The highest BCUT2D eigenvalue weighted by molar-refractivity contribution is 5.95. The number of fused-ring (bicyclic) bond motifs is 2. The Morgan fingerprint density at radius 1 is 1.08 bits per heavy atom. The summed E-state index contributed by atoms with van der Waals surface area (Å²) in [5.41, 5.74) is -0.103. The first kappa shape index (κ1) is 16.3. The van der Waals surface area contributed by atoms with Gasteiger partial charge in [-0.05, 0) is 49.7 Å². The predicted octanol–water partition coefficient (Wildman–Crippen LogP) is 3.58. The van der Waals surface area contributed by atoms with E-state index in [0.717, 1.165) is 37.7 Å². The third-order valence-electron chi connectivity index (χ3n) is 7.42. The Hall–Kier alpha value is -1.16. The molecule has 0 unspecified atom stereocenters. The first-order chi connectivity index (χ1) is 11.1. The van der Waals surface area contributed by atoms with Gasteiger partial charge in [-0.3, -0.25) is 9.59 Å². The molecule has 0 radical (unpaired) electrons. The lowest BCUT2D eigenvalue weighted by Gasteiger charge is -2.60. The van der Waals surface area contributed by atoms with Crippen molar-refractivity contribution in [2.45, 2.75) is 77.4 Å². The fourth-order valence-electron chi connectivity index (χ4n) is 6.42. The molecule has 2 spiro atoms. The molecule has 2 aliphatic carbocycles. The number of rotatable bonds is 0. The summed E-state index contributed by atoms with van der Waals surface area (Å²) in [5.74, 6) is 0.0792. The maximum atomic E-state index is 13.0. The molecular formula is C20H28O4. The highest BCUT2D eigenvalue weighted by atomic mass is 16.6. The summed E-state index contributed by atoms with van der Waals surface area (Å²) in [4.78, 5) is 24.7. The molecule has 4 rings (SSSR count). The normalized spacial score (nSPS) is 47.0. The summed E-state index contributed by atoms with van der Waals surface area (Å²) in [6, 6.07) is 0. The number of hydrogen-bond donors (Lipinski definition) is 0. The molecule has 132 valence electrons. The number of hydrogen-bond acceptors (Lipinski definition) is 4. The van der Waals surface area contributed by atoms with Crippen molar-refractivity contribution >= 4 is 11.8 Å². The molecule has 0 bridgehead atoms. The Kier molecular flexibility index (Phi) is 3.21. The molecule has 1 saturated carbocycles. The van der Waals surface area contributed by atoms with E-state index in [1.807, 2.05) is 13.0 Å². The topological polar surface area (TPSA) is 52.6 Å². The van der Waals surface area contributed by atoms with Crippen LogP contribution in [0.2, 0.25) is 0 Å². The zero-order valence-corrected chi connectivity index (χ0v) is 15.2. The summed E-state index contributed by atoms with van der Waals surface area (Å²) in [5, 5.41) is 0. The van der Waals surface area contributed by atoms with Crippen molar-refractivity contribution in [2.75, 3.05) is 6.61 Å². The summed E-state index contributed by atoms with van der Waals surface area (Å²) in [6.45, 7) is 9.10. The number of carbonyl (C=O) groups is 2. The van der Waals surface area contributed by atoms with Gasteiger partial charge in [0.25, 0.3) is 0 Å². The zero-order chi connectivity index (χ0) is 17.4. The van der Waals surface area contributed by atoms with E-state index < -0.39 is 11.2 Å². The van der Waals surface area contributed by atoms with Gasteiger partial charge >= 0.3 is 5.97 Å². The van der Waals surface area contributed by atoms with Gasteiger partial charge in [0, 0.05) is 11.3 Å². The molecule has 24 heavy (non-hydrogen) atoms. The lowest BCUT2D eigenvalue weighted by Crippen LogP contribution is -2.62. The van der Waals surface area contributed by atoms with E-state index in [1.54, 1.807) is 0 Å². The first-order valence-corrected chi connectivity index (χ1v) is 9.23. The number of cyclic esters (lactones) is 1. The van der Waals surface area contributed by atoms with Crippen LogP contribution in [0.5, 0.6) is 0 Å². The van der Waals surface area contributed by atoms with Crippen LogP contribution in [-0.2, 0) is 19.1 Å². The Bertz CT molecular complexity index is 648. The minimum absolute atomic E-state index is 0.0179. The van der Waals surface area contributed by atoms with Crippen molar-refractivity contribution in [2.24, 2.45) is 16.7 Å². The van der Waals surface area contributed by atoms with Crippen molar-refractivity contribution in [1.82, 2.24) is 0 Å². The molecule has 0 aromatic carbocycles. The van der Waals surface area contributed by atoms with E-state index in [2.05, 4.69) is 20.8 Å². The highest BCUT2D eigenvalue weighted by Crippen LogP contribution is 2.65. The van der Waals surface area contributed by atoms with Gasteiger partial charge in [0.05, 0.1) is 12.0 Å². The van der Waals surface area contributed by atoms with Crippen LogP contribution in [0.1, 0.15) is 66.2 Å². The van der Waals surface area contributed by atoms with Crippen LogP contribution in [0.15, 0.2) is 11.6 Å². The van der Waals surface area contributed by atoms with Gasteiger partial charge < -0.3 is 9.47 Å². The van der Waals surface area contributed by atoms with Crippen LogP contribution in [0.3, 0.4) is 0 Å². The van der Waals surface area contributed by atoms with Crippen molar-refractivity contribution < 1.29 is 19.1 Å². The van der Waals surface area contributed by atoms with Crippen molar-refractivity contribution in [1.29, 1.82) is 0 Å². The van der Waals surface area contributed by atoms with Gasteiger partial charge in [0.2, 0.25) is 0 Å². The minimum atomic E-state index is -0.484. The smallest absolute Gasteiger partial charge is 0.308 e. The largest absolute Gasteiger partial charge is 0.463 e. The molecule has 2 saturated heterocycles. The first-order valence-electron chi connectivity index (χ1n) is 9.23. The zero-order valence-electron chi connectivity index (χ0n) is 15.2. The Morgan fingerprint density at radius 2 is 1.83 bits per heavy atom. The maximum absolute atomic E-state index is 13.0. The average Bonchev–Trinajstić information content (AvgIpc) is 3.01. The standard InChI is InChI=1S/C20H28O4/c1-13-10-14(21)16-17(2,3)6-5-7-18(16,4)20(13)9-8-19(24-20)11-15(22)23-12-19/h10,16H,5-9,11-12H2,1-4H3/t16-,18+,19-,20-/m1/s1. The minimum Gasteiger partial charge on any atom is -0.463 e. The summed E-state index contributed by atoms with van der Waals surface area (Å²) >= 11 is 0. The van der Waals surface area contributed by atoms with E-state index in [1.165, 1.54) is 0 Å². The third kappa shape index (κ3) is 1.89. The Balaban J connectivity index is 1.81. The number of allylic oxidation sites excluding steroid dienone is 1. The van der Waals surface area contributed by atoms with Crippen LogP contribution < -0.4 is 0 Å². The van der Waals surface area contributed by atoms with E-state index in [9.17, 15) is 9.59 Å². The summed E-state index contributed by atoms with van der Waals surface area (Å²) < 4.78 is 12.0. The molecule has 4 atom stereocenters. The molecule has 0 aromatic heterocycles. The molecule has 2 heterocycles. The fraction of sp³-hybridized carbons (Fsp3) is 0.800. The van der Waals surface area contributed by atoms with E-state index in [4.69, 9.17) is 9.47 Å². The van der Waals surface area contributed by atoms with Gasteiger partial charge in [-0.25, -0.2) is 0 Å². The van der Waals surface area contributed by atoms with Gasteiger partial charge in [-0.2, -0.15) is 0 Å². The lowest BCUT2D eigenvalue weighted by atomic mass is 9.46. The highest BCUT2D eigenvalue weighted by Gasteiger charge is 2.68. The molecular weight excluding hydrogens is 304 g/mol. The number of ether oxygens (including phenoxy) is 2. The molecule has 0 aromatic rings.